The number of hydrogen-bond donors (Lipinski definition) is 1. The predicted octanol–water partition coefficient (Wildman–Crippen LogP) is 1.75. The highest BCUT2D eigenvalue weighted by molar-refractivity contribution is 7.91. The van der Waals surface area contributed by atoms with E-state index >= 15 is 0 Å². The Morgan fingerprint density at radius 2 is 2.14 bits per heavy atom. The van der Waals surface area contributed by atoms with Crippen LogP contribution in [0, 0.1) is 0 Å². The molecule has 112 valence electrons. The first-order valence-corrected chi connectivity index (χ1v) is 8.82. The van der Waals surface area contributed by atoms with E-state index in [0.29, 0.717) is 17.1 Å². The molecule has 1 aromatic carbocycles. The second-order valence-corrected chi connectivity index (χ2v) is 8.03. The van der Waals surface area contributed by atoms with E-state index in [0.717, 1.165) is 10.9 Å². The molecule has 21 heavy (non-hydrogen) atoms. The zero-order valence-corrected chi connectivity index (χ0v) is 13.0. The molecule has 0 spiro atoms. The highest BCUT2D eigenvalue weighted by Gasteiger charge is 2.29. The Balaban J connectivity index is 1.87. The molecule has 2 heterocycles. The number of rotatable bonds is 2. The quantitative estimate of drug-likeness (QED) is 0.914. The molecule has 1 amide bonds. The number of hydrogen-bond acceptors (Lipinski definition) is 3. The average Bonchev–Trinajstić information content (AvgIpc) is 2.90. The molecule has 5 nitrogen and oxygen atoms in total. The summed E-state index contributed by atoms with van der Waals surface area (Å²) >= 11 is 5.95. The number of nitrogens with one attached hydrogen (secondary N) is 1. The fraction of sp³-hybridized carbons (Fsp3) is 0.357. The van der Waals surface area contributed by atoms with Crippen LogP contribution >= 0.6 is 11.6 Å². The largest absolute Gasteiger partial charge is 0.347 e. The summed E-state index contributed by atoms with van der Waals surface area (Å²) < 4.78 is 24.6. The first-order valence-electron chi connectivity index (χ1n) is 6.62. The van der Waals surface area contributed by atoms with Gasteiger partial charge in [-0.05, 0) is 30.7 Å². The summed E-state index contributed by atoms with van der Waals surface area (Å²) in [4.78, 5) is 12.3. The monoisotopic (exact) mass is 326 g/mol. The van der Waals surface area contributed by atoms with Gasteiger partial charge >= 0.3 is 0 Å². The maximum atomic E-state index is 12.3. The fourth-order valence-electron chi connectivity index (χ4n) is 2.71. The van der Waals surface area contributed by atoms with Gasteiger partial charge < -0.3 is 9.88 Å². The molecule has 1 saturated heterocycles. The molecule has 1 fully saturated rings. The molecule has 0 bridgehead atoms. The Morgan fingerprint density at radius 3 is 2.81 bits per heavy atom. The van der Waals surface area contributed by atoms with Crippen LogP contribution in [0.15, 0.2) is 24.3 Å². The number of sulfone groups is 1. The molecule has 3 rings (SSSR count). The summed E-state index contributed by atoms with van der Waals surface area (Å²) in [5, 5.41) is 4.29. The molecule has 1 aliphatic heterocycles. The van der Waals surface area contributed by atoms with Crippen LogP contribution in [-0.4, -0.2) is 36.4 Å². The number of aromatic nitrogens is 1. The van der Waals surface area contributed by atoms with E-state index in [-0.39, 0.29) is 23.5 Å². The molecule has 1 aliphatic rings. The van der Waals surface area contributed by atoms with Gasteiger partial charge in [-0.25, -0.2) is 8.42 Å². The predicted molar refractivity (Wildman–Crippen MR) is 82.5 cm³/mol. The van der Waals surface area contributed by atoms with Gasteiger partial charge in [0, 0.05) is 29.0 Å². The van der Waals surface area contributed by atoms with Gasteiger partial charge in [-0.3, -0.25) is 4.79 Å². The van der Waals surface area contributed by atoms with Crippen molar-refractivity contribution in [3.05, 3.63) is 35.0 Å². The zero-order chi connectivity index (χ0) is 15.2. The highest BCUT2D eigenvalue weighted by atomic mass is 35.5. The summed E-state index contributed by atoms with van der Waals surface area (Å²) in [7, 11) is -1.20. The summed E-state index contributed by atoms with van der Waals surface area (Å²) in [6.45, 7) is 0. The minimum Gasteiger partial charge on any atom is -0.347 e. The van der Waals surface area contributed by atoms with E-state index in [2.05, 4.69) is 5.32 Å². The van der Waals surface area contributed by atoms with Crippen LogP contribution < -0.4 is 5.32 Å². The van der Waals surface area contributed by atoms with Gasteiger partial charge in [-0.1, -0.05) is 11.6 Å². The van der Waals surface area contributed by atoms with Crippen LogP contribution in [0.3, 0.4) is 0 Å². The Morgan fingerprint density at radius 1 is 1.38 bits per heavy atom. The lowest BCUT2D eigenvalue weighted by molar-refractivity contribution is 0.0933. The SMILES string of the molecule is Cn1c(C(=O)N[C@H]2CCS(=O)(=O)C2)cc2cc(Cl)ccc21. The van der Waals surface area contributed by atoms with Crippen molar-refractivity contribution in [2.24, 2.45) is 7.05 Å². The molecular formula is C14H15ClN2O3S. The third-order valence-corrected chi connectivity index (χ3v) is 5.81. The van der Waals surface area contributed by atoms with Crippen molar-refractivity contribution in [3.63, 3.8) is 0 Å². The lowest BCUT2D eigenvalue weighted by atomic mass is 10.2. The second kappa shape index (κ2) is 5.03. The summed E-state index contributed by atoms with van der Waals surface area (Å²) in [6, 6.07) is 6.89. The van der Waals surface area contributed by atoms with Crippen LogP contribution in [0.1, 0.15) is 16.9 Å². The number of amides is 1. The molecule has 1 N–H and O–H groups in total. The van der Waals surface area contributed by atoms with E-state index < -0.39 is 9.84 Å². The van der Waals surface area contributed by atoms with Crippen molar-refractivity contribution in [1.29, 1.82) is 0 Å². The maximum Gasteiger partial charge on any atom is 0.268 e. The van der Waals surface area contributed by atoms with E-state index in [1.165, 1.54) is 0 Å². The molecule has 2 aromatic rings. The van der Waals surface area contributed by atoms with Crippen molar-refractivity contribution < 1.29 is 13.2 Å². The standard InChI is InChI=1S/C14H15ClN2O3S/c1-17-12-3-2-10(15)6-9(12)7-13(17)14(18)16-11-4-5-21(19,20)8-11/h2-3,6-7,11H,4-5,8H2,1H3,(H,16,18)/t11-/m0/s1. The molecule has 7 heteroatoms. The van der Waals surface area contributed by atoms with Crippen LogP contribution in [-0.2, 0) is 16.9 Å². The van der Waals surface area contributed by atoms with E-state index in [4.69, 9.17) is 11.6 Å². The number of fused-ring (bicyclic) bond motifs is 1. The lowest BCUT2D eigenvalue weighted by Gasteiger charge is -2.11. The number of carbonyl (C=O) groups is 1. The minimum atomic E-state index is -3.00. The Bertz CT molecular complexity index is 826. The second-order valence-electron chi connectivity index (χ2n) is 5.37. The van der Waals surface area contributed by atoms with Crippen molar-refractivity contribution in [2.45, 2.75) is 12.5 Å². The van der Waals surface area contributed by atoms with Gasteiger partial charge in [0.25, 0.3) is 5.91 Å². The minimum absolute atomic E-state index is 0.0223. The van der Waals surface area contributed by atoms with Gasteiger partial charge in [0.2, 0.25) is 0 Å². The zero-order valence-electron chi connectivity index (χ0n) is 11.5. The van der Waals surface area contributed by atoms with Crippen LogP contribution in [0.2, 0.25) is 5.02 Å². The smallest absolute Gasteiger partial charge is 0.268 e. The third-order valence-electron chi connectivity index (χ3n) is 3.80. The molecule has 0 saturated carbocycles. The summed E-state index contributed by atoms with van der Waals surface area (Å²) in [5.41, 5.74) is 1.40. The Kier molecular flexibility index (Phi) is 3.45. The lowest BCUT2D eigenvalue weighted by Crippen LogP contribution is -2.36. The number of benzene rings is 1. The number of halogens is 1. The van der Waals surface area contributed by atoms with Gasteiger partial charge in [0.05, 0.1) is 11.5 Å². The molecular weight excluding hydrogens is 312 g/mol. The molecule has 0 unspecified atom stereocenters. The first kappa shape index (κ1) is 14.4. The van der Waals surface area contributed by atoms with E-state index in [1.54, 1.807) is 29.8 Å². The van der Waals surface area contributed by atoms with Crippen LogP contribution in [0.5, 0.6) is 0 Å². The van der Waals surface area contributed by atoms with Crippen LogP contribution in [0.25, 0.3) is 10.9 Å². The van der Waals surface area contributed by atoms with Crippen molar-refractivity contribution in [3.8, 4) is 0 Å². The average molecular weight is 327 g/mol. The molecule has 1 aromatic heterocycles. The van der Waals surface area contributed by atoms with Gasteiger partial charge in [-0.2, -0.15) is 0 Å². The number of carbonyl (C=O) groups excluding carboxylic acids is 1. The van der Waals surface area contributed by atoms with E-state index in [1.807, 2.05) is 6.07 Å². The maximum absolute atomic E-state index is 12.3. The van der Waals surface area contributed by atoms with Crippen molar-refractivity contribution >= 4 is 38.2 Å². The topological polar surface area (TPSA) is 68.2 Å². The first-order chi connectivity index (χ1) is 9.85. The highest BCUT2D eigenvalue weighted by Crippen LogP contribution is 2.23. The van der Waals surface area contributed by atoms with Gasteiger partial charge in [-0.15, -0.1) is 0 Å². The number of nitrogens with zero attached hydrogens (tertiary/aromatic N) is 1. The Hall–Kier alpha value is -1.53. The van der Waals surface area contributed by atoms with Crippen molar-refractivity contribution in [1.82, 2.24) is 9.88 Å². The van der Waals surface area contributed by atoms with Crippen molar-refractivity contribution in [2.75, 3.05) is 11.5 Å². The molecule has 0 aliphatic carbocycles. The van der Waals surface area contributed by atoms with Gasteiger partial charge in [0.1, 0.15) is 5.69 Å². The number of aryl methyl sites for hydroxylation is 1. The van der Waals surface area contributed by atoms with Gasteiger partial charge in [0.15, 0.2) is 9.84 Å². The molecule has 1 atom stereocenters. The van der Waals surface area contributed by atoms with Crippen LogP contribution in [0.4, 0.5) is 0 Å². The molecule has 0 radical (unpaired) electrons. The summed E-state index contributed by atoms with van der Waals surface area (Å²) in [5.74, 6) is -0.0936. The Labute approximate surface area is 127 Å². The summed E-state index contributed by atoms with van der Waals surface area (Å²) in [6.07, 6.45) is 0.476. The third kappa shape index (κ3) is 2.78. The normalized spacial score (nSPS) is 20.8. The van der Waals surface area contributed by atoms with E-state index in [9.17, 15) is 13.2 Å². The fourth-order valence-corrected chi connectivity index (χ4v) is 4.56.